The van der Waals surface area contributed by atoms with E-state index in [1.54, 1.807) is 41.6 Å². The van der Waals surface area contributed by atoms with Crippen LogP contribution in [-0.4, -0.2) is 33.8 Å². The summed E-state index contributed by atoms with van der Waals surface area (Å²) in [7, 11) is 1.69. The van der Waals surface area contributed by atoms with Gasteiger partial charge in [0.05, 0.1) is 16.9 Å². The summed E-state index contributed by atoms with van der Waals surface area (Å²) in [5.41, 5.74) is 1.11. The van der Waals surface area contributed by atoms with Crippen LogP contribution < -0.4 is 10.9 Å². The van der Waals surface area contributed by atoms with E-state index in [0.717, 1.165) is 4.90 Å². The maximum absolute atomic E-state index is 12.9. The van der Waals surface area contributed by atoms with Gasteiger partial charge in [-0.15, -0.1) is 11.8 Å². The van der Waals surface area contributed by atoms with E-state index in [0.29, 0.717) is 34.0 Å². The van der Waals surface area contributed by atoms with Crippen molar-refractivity contribution in [2.75, 3.05) is 18.6 Å². The fourth-order valence-corrected chi connectivity index (χ4v) is 3.65. The van der Waals surface area contributed by atoms with Gasteiger partial charge in [-0.3, -0.25) is 9.36 Å². The summed E-state index contributed by atoms with van der Waals surface area (Å²) in [6.45, 7) is 4.18. The van der Waals surface area contributed by atoms with E-state index in [9.17, 15) is 9.59 Å². The Morgan fingerprint density at radius 2 is 1.97 bits per heavy atom. The highest BCUT2D eigenvalue weighted by Gasteiger charge is 2.23. The minimum absolute atomic E-state index is 0.164. The predicted molar refractivity (Wildman–Crippen MR) is 120 cm³/mol. The molecule has 2 amide bonds. The van der Waals surface area contributed by atoms with E-state index < -0.39 is 6.04 Å². The zero-order chi connectivity index (χ0) is 21.1. The van der Waals surface area contributed by atoms with Gasteiger partial charge in [0.15, 0.2) is 0 Å². The zero-order valence-corrected chi connectivity index (χ0v) is 18.3. The number of carbonyl (C=O) groups excluding carboxylic acids is 1. The van der Waals surface area contributed by atoms with Crippen molar-refractivity contribution in [2.24, 2.45) is 0 Å². The molecule has 3 aromatic rings. The molecule has 29 heavy (non-hydrogen) atoms. The van der Waals surface area contributed by atoms with E-state index >= 15 is 0 Å². The lowest BCUT2D eigenvalue weighted by molar-refractivity contribution is 0.204. The van der Waals surface area contributed by atoms with E-state index in [1.807, 2.05) is 44.4 Å². The number of rotatable bonds is 5. The van der Waals surface area contributed by atoms with Crippen molar-refractivity contribution in [3.63, 3.8) is 0 Å². The standard InChI is InChI=1S/C21H23ClN4O2S/c1-5-26-19(24-18-11-6-14(22)12-17(18)20(26)27)13(2)25(3)21(28)23-15-7-9-16(29-4)10-8-15/h6-13H,5H2,1-4H3,(H,23,28). The van der Waals surface area contributed by atoms with Crippen LogP contribution >= 0.6 is 23.4 Å². The normalized spacial score (nSPS) is 12.0. The number of carbonyl (C=O) groups is 1. The number of halogens is 1. The quantitative estimate of drug-likeness (QED) is 0.577. The van der Waals surface area contributed by atoms with Gasteiger partial charge in [-0.1, -0.05) is 11.6 Å². The minimum atomic E-state index is -0.409. The average Bonchev–Trinajstić information content (AvgIpc) is 2.73. The SMILES string of the molecule is CCn1c(C(C)N(C)C(=O)Nc2ccc(SC)cc2)nc2ccc(Cl)cc2c1=O. The molecular weight excluding hydrogens is 408 g/mol. The molecule has 0 aliphatic carbocycles. The van der Waals surface area contributed by atoms with Crippen molar-refractivity contribution in [3.8, 4) is 0 Å². The molecule has 0 fully saturated rings. The smallest absolute Gasteiger partial charge is 0.318 e. The molecule has 0 saturated carbocycles. The minimum Gasteiger partial charge on any atom is -0.318 e. The molecule has 1 N–H and O–H groups in total. The Morgan fingerprint density at radius 3 is 2.59 bits per heavy atom. The van der Waals surface area contributed by atoms with Gasteiger partial charge in [-0.05, 0) is 62.6 Å². The molecular formula is C21H23ClN4O2S. The molecule has 0 radical (unpaired) electrons. The lowest BCUT2D eigenvalue weighted by atomic mass is 10.2. The lowest BCUT2D eigenvalue weighted by Gasteiger charge is -2.27. The summed E-state index contributed by atoms with van der Waals surface area (Å²) in [5, 5.41) is 3.84. The second kappa shape index (κ2) is 8.88. The van der Waals surface area contributed by atoms with Gasteiger partial charge < -0.3 is 10.2 Å². The average molecular weight is 431 g/mol. The van der Waals surface area contributed by atoms with Gasteiger partial charge in [-0.25, -0.2) is 9.78 Å². The van der Waals surface area contributed by atoms with E-state index in [2.05, 4.69) is 10.3 Å². The van der Waals surface area contributed by atoms with Crippen LogP contribution in [0.3, 0.4) is 0 Å². The van der Waals surface area contributed by atoms with E-state index in [-0.39, 0.29) is 11.6 Å². The topological polar surface area (TPSA) is 67.2 Å². The van der Waals surface area contributed by atoms with Crippen LogP contribution in [0, 0.1) is 0 Å². The molecule has 0 bridgehead atoms. The van der Waals surface area contributed by atoms with Crippen LogP contribution in [0.2, 0.25) is 5.02 Å². The monoisotopic (exact) mass is 430 g/mol. The highest BCUT2D eigenvalue weighted by atomic mass is 35.5. The largest absolute Gasteiger partial charge is 0.322 e. The number of benzene rings is 2. The number of nitrogens with zero attached hydrogens (tertiary/aromatic N) is 3. The number of nitrogens with one attached hydrogen (secondary N) is 1. The maximum Gasteiger partial charge on any atom is 0.322 e. The third kappa shape index (κ3) is 4.41. The Kier molecular flexibility index (Phi) is 6.49. The number of fused-ring (bicyclic) bond motifs is 1. The summed E-state index contributed by atoms with van der Waals surface area (Å²) < 4.78 is 1.58. The first-order chi connectivity index (χ1) is 13.8. The van der Waals surface area contributed by atoms with Crippen molar-refractivity contribution < 1.29 is 4.79 Å². The molecule has 152 valence electrons. The highest BCUT2D eigenvalue weighted by Crippen LogP contribution is 2.22. The Hall–Kier alpha value is -2.51. The molecule has 0 saturated heterocycles. The molecule has 0 aliphatic heterocycles. The van der Waals surface area contributed by atoms with Crippen LogP contribution in [-0.2, 0) is 6.54 Å². The molecule has 0 spiro atoms. The van der Waals surface area contributed by atoms with Gasteiger partial charge >= 0.3 is 6.03 Å². The Bertz CT molecular complexity index is 1100. The summed E-state index contributed by atoms with van der Waals surface area (Å²) in [6, 6.07) is 12.0. The van der Waals surface area contributed by atoms with Crippen molar-refractivity contribution >= 4 is 46.0 Å². The first kappa shape index (κ1) is 21.2. The van der Waals surface area contributed by atoms with Gasteiger partial charge in [-0.2, -0.15) is 0 Å². The van der Waals surface area contributed by atoms with Crippen molar-refractivity contribution in [1.82, 2.24) is 14.5 Å². The number of aromatic nitrogens is 2. The highest BCUT2D eigenvalue weighted by molar-refractivity contribution is 7.98. The van der Waals surface area contributed by atoms with E-state index in [4.69, 9.17) is 11.6 Å². The van der Waals surface area contributed by atoms with Crippen LogP contribution in [0.15, 0.2) is 52.2 Å². The third-order valence-corrected chi connectivity index (χ3v) is 5.86. The van der Waals surface area contributed by atoms with Crippen LogP contribution in [0.4, 0.5) is 10.5 Å². The summed E-state index contributed by atoms with van der Waals surface area (Å²) in [4.78, 5) is 33.0. The second-order valence-corrected chi connectivity index (χ2v) is 7.94. The summed E-state index contributed by atoms with van der Waals surface area (Å²) in [5.74, 6) is 0.530. The van der Waals surface area contributed by atoms with Gasteiger partial charge in [0.25, 0.3) is 5.56 Å². The zero-order valence-electron chi connectivity index (χ0n) is 16.8. The number of hydrogen-bond acceptors (Lipinski definition) is 4. The second-order valence-electron chi connectivity index (χ2n) is 6.63. The van der Waals surface area contributed by atoms with Crippen LogP contribution in [0.5, 0.6) is 0 Å². The first-order valence-electron chi connectivity index (χ1n) is 9.23. The number of urea groups is 1. The van der Waals surface area contributed by atoms with Crippen molar-refractivity contribution in [1.29, 1.82) is 0 Å². The third-order valence-electron chi connectivity index (χ3n) is 4.88. The molecule has 3 rings (SSSR count). The number of anilines is 1. The molecule has 1 unspecified atom stereocenters. The fourth-order valence-electron chi connectivity index (χ4n) is 3.07. The predicted octanol–water partition coefficient (Wildman–Crippen LogP) is 5.02. The maximum atomic E-state index is 12.9. The fraction of sp³-hybridized carbons (Fsp3) is 0.286. The molecule has 1 heterocycles. The molecule has 0 aliphatic rings. The Balaban J connectivity index is 1.90. The van der Waals surface area contributed by atoms with Crippen LogP contribution in [0.1, 0.15) is 25.7 Å². The van der Waals surface area contributed by atoms with Crippen LogP contribution in [0.25, 0.3) is 10.9 Å². The summed E-state index contributed by atoms with van der Waals surface area (Å²) in [6.07, 6.45) is 2.00. The van der Waals surface area contributed by atoms with Gasteiger partial charge in [0.2, 0.25) is 0 Å². The van der Waals surface area contributed by atoms with Crippen molar-refractivity contribution in [3.05, 3.63) is 63.7 Å². The Morgan fingerprint density at radius 1 is 1.28 bits per heavy atom. The van der Waals surface area contributed by atoms with Gasteiger partial charge in [0, 0.05) is 29.2 Å². The molecule has 2 aromatic carbocycles. The number of hydrogen-bond donors (Lipinski definition) is 1. The van der Waals surface area contributed by atoms with Gasteiger partial charge in [0.1, 0.15) is 5.82 Å². The molecule has 6 nitrogen and oxygen atoms in total. The lowest BCUT2D eigenvalue weighted by Crippen LogP contribution is -2.37. The number of amides is 2. The molecule has 1 aromatic heterocycles. The number of thioether (sulfide) groups is 1. The Labute approximate surface area is 178 Å². The molecule has 8 heteroatoms. The summed E-state index contributed by atoms with van der Waals surface area (Å²) >= 11 is 7.68. The van der Waals surface area contributed by atoms with E-state index in [1.165, 1.54) is 4.90 Å². The van der Waals surface area contributed by atoms with Crippen molar-refractivity contribution in [2.45, 2.75) is 31.3 Å². The molecule has 1 atom stereocenters. The first-order valence-corrected chi connectivity index (χ1v) is 10.8.